The second-order valence-corrected chi connectivity index (χ2v) is 6.08. The molecule has 2 atom stereocenters. The van der Waals surface area contributed by atoms with Crippen LogP contribution >= 0.6 is 15.9 Å². The van der Waals surface area contributed by atoms with E-state index in [0.717, 1.165) is 18.4 Å². The van der Waals surface area contributed by atoms with Crippen molar-refractivity contribution in [2.24, 2.45) is 5.92 Å². The van der Waals surface area contributed by atoms with Crippen molar-refractivity contribution in [3.8, 4) is 0 Å². The summed E-state index contributed by atoms with van der Waals surface area (Å²) in [6.07, 6.45) is 3.46. The highest BCUT2D eigenvalue weighted by atomic mass is 79.9. The molecule has 1 amide bonds. The molecule has 2 nitrogen and oxygen atoms in total. The van der Waals surface area contributed by atoms with Gasteiger partial charge in [-0.15, -0.1) is 0 Å². The molecule has 98 valence electrons. The van der Waals surface area contributed by atoms with Crippen LogP contribution in [0.1, 0.15) is 35.2 Å². The van der Waals surface area contributed by atoms with Gasteiger partial charge in [-0.2, -0.15) is 0 Å². The van der Waals surface area contributed by atoms with Gasteiger partial charge in [0.05, 0.1) is 5.56 Å². The molecule has 0 heterocycles. The Hall–Kier alpha value is -0.900. The Labute approximate surface area is 115 Å². The molecular formula is C14H17BrFNO. The fourth-order valence-corrected chi connectivity index (χ4v) is 3.13. The van der Waals surface area contributed by atoms with Crippen LogP contribution in [-0.4, -0.2) is 17.3 Å². The minimum atomic E-state index is -0.458. The van der Waals surface area contributed by atoms with Crippen LogP contribution in [0, 0.1) is 18.7 Å². The maximum atomic E-state index is 13.5. The van der Waals surface area contributed by atoms with Crippen molar-refractivity contribution in [2.75, 3.05) is 6.54 Å². The molecule has 1 aromatic rings. The van der Waals surface area contributed by atoms with E-state index >= 15 is 0 Å². The van der Waals surface area contributed by atoms with Gasteiger partial charge in [0.25, 0.3) is 5.91 Å². The van der Waals surface area contributed by atoms with E-state index < -0.39 is 5.82 Å². The summed E-state index contributed by atoms with van der Waals surface area (Å²) in [5.41, 5.74) is 1.03. The molecule has 0 spiro atoms. The summed E-state index contributed by atoms with van der Waals surface area (Å²) in [6, 6.07) is 4.59. The van der Waals surface area contributed by atoms with Crippen molar-refractivity contribution in [3.05, 3.63) is 35.1 Å². The molecule has 1 saturated carbocycles. The van der Waals surface area contributed by atoms with Gasteiger partial charge in [0.2, 0.25) is 0 Å². The molecule has 2 unspecified atom stereocenters. The predicted octanol–water partition coefficient (Wildman–Crippen LogP) is 3.43. The van der Waals surface area contributed by atoms with Crippen LogP contribution in [0.15, 0.2) is 18.2 Å². The summed E-state index contributed by atoms with van der Waals surface area (Å²) in [5, 5.41) is 2.83. The summed E-state index contributed by atoms with van der Waals surface area (Å²) < 4.78 is 13.5. The first-order chi connectivity index (χ1) is 8.58. The number of aryl methyl sites for hydroxylation is 1. The van der Waals surface area contributed by atoms with E-state index in [0.29, 0.717) is 17.3 Å². The van der Waals surface area contributed by atoms with E-state index in [4.69, 9.17) is 0 Å². The van der Waals surface area contributed by atoms with E-state index in [-0.39, 0.29) is 11.5 Å². The number of hydrogen-bond donors (Lipinski definition) is 1. The van der Waals surface area contributed by atoms with Gasteiger partial charge in [0, 0.05) is 11.4 Å². The topological polar surface area (TPSA) is 29.1 Å². The van der Waals surface area contributed by atoms with Crippen LogP contribution in [0.25, 0.3) is 0 Å². The Bertz CT molecular complexity index is 449. The third kappa shape index (κ3) is 3.10. The lowest BCUT2D eigenvalue weighted by atomic mass is 10.1. The van der Waals surface area contributed by atoms with Crippen LogP contribution < -0.4 is 5.32 Å². The lowest BCUT2D eigenvalue weighted by Crippen LogP contribution is -2.31. The number of carbonyl (C=O) groups excluding carboxylic acids is 1. The Balaban J connectivity index is 1.97. The number of rotatable bonds is 3. The van der Waals surface area contributed by atoms with Gasteiger partial charge in [0.1, 0.15) is 5.82 Å². The largest absolute Gasteiger partial charge is 0.352 e. The van der Waals surface area contributed by atoms with E-state index in [1.807, 2.05) is 6.92 Å². The first-order valence-corrected chi connectivity index (χ1v) is 7.18. The van der Waals surface area contributed by atoms with Gasteiger partial charge in [-0.1, -0.05) is 34.0 Å². The molecule has 18 heavy (non-hydrogen) atoms. The third-order valence-corrected chi connectivity index (χ3v) is 4.66. The Morgan fingerprint density at radius 3 is 2.94 bits per heavy atom. The SMILES string of the molecule is Cc1ccc(F)c(C(=O)NCC2CCCC2Br)c1. The van der Waals surface area contributed by atoms with Crippen LogP contribution in [-0.2, 0) is 0 Å². The van der Waals surface area contributed by atoms with E-state index in [9.17, 15) is 9.18 Å². The predicted molar refractivity (Wildman–Crippen MR) is 73.5 cm³/mol. The summed E-state index contributed by atoms with van der Waals surface area (Å²) in [6.45, 7) is 2.46. The lowest BCUT2D eigenvalue weighted by Gasteiger charge is -2.15. The molecule has 0 radical (unpaired) electrons. The molecule has 1 fully saturated rings. The zero-order chi connectivity index (χ0) is 13.1. The minimum Gasteiger partial charge on any atom is -0.352 e. The highest BCUT2D eigenvalue weighted by molar-refractivity contribution is 9.09. The van der Waals surface area contributed by atoms with Gasteiger partial charge in [-0.25, -0.2) is 4.39 Å². The van der Waals surface area contributed by atoms with Crippen LogP contribution in [0.3, 0.4) is 0 Å². The summed E-state index contributed by atoms with van der Waals surface area (Å²) >= 11 is 3.61. The monoisotopic (exact) mass is 313 g/mol. The standard InChI is InChI=1S/C14H17BrFNO/c1-9-5-6-13(16)11(7-9)14(18)17-8-10-3-2-4-12(10)15/h5-7,10,12H,2-4,8H2,1H3,(H,17,18). The quantitative estimate of drug-likeness (QED) is 0.851. The Morgan fingerprint density at radius 1 is 1.50 bits per heavy atom. The van der Waals surface area contributed by atoms with Crippen molar-refractivity contribution in [2.45, 2.75) is 31.0 Å². The van der Waals surface area contributed by atoms with Crippen molar-refractivity contribution in [3.63, 3.8) is 0 Å². The molecule has 0 bridgehead atoms. The average molecular weight is 314 g/mol. The number of amides is 1. The average Bonchev–Trinajstić information content (AvgIpc) is 2.75. The molecule has 0 aliphatic heterocycles. The maximum absolute atomic E-state index is 13.5. The van der Waals surface area contributed by atoms with Crippen molar-refractivity contribution in [1.29, 1.82) is 0 Å². The van der Waals surface area contributed by atoms with Gasteiger partial charge in [0.15, 0.2) is 0 Å². The summed E-state index contributed by atoms with van der Waals surface area (Å²) in [5.74, 6) is -0.315. The molecule has 0 saturated heterocycles. The van der Waals surface area contributed by atoms with E-state index in [1.54, 1.807) is 12.1 Å². The smallest absolute Gasteiger partial charge is 0.254 e. The van der Waals surface area contributed by atoms with Crippen LogP contribution in [0.4, 0.5) is 4.39 Å². The molecule has 2 rings (SSSR count). The van der Waals surface area contributed by atoms with E-state index in [1.165, 1.54) is 12.5 Å². The lowest BCUT2D eigenvalue weighted by molar-refractivity contribution is 0.0943. The molecular weight excluding hydrogens is 297 g/mol. The van der Waals surface area contributed by atoms with Gasteiger partial charge >= 0.3 is 0 Å². The van der Waals surface area contributed by atoms with E-state index in [2.05, 4.69) is 21.2 Å². The first kappa shape index (κ1) is 13.5. The Morgan fingerprint density at radius 2 is 2.28 bits per heavy atom. The number of hydrogen-bond acceptors (Lipinski definition) is 1. The fraction of sp³-hybridized carbons (Fsp3) is 0.500. The number of alkyl halides is 1. The minimum absolute atomic E-state index is 0.138. The summed E-state index contributed by atoms with van der Waals surface area (Å²) in [4.78, 5) is 12.4. The third-order valence-electron chi connectivity index (χ3n) is 3.46. The van der Waals surface area contributed by atoms with Gasteiger partial charge < -0.3 is 5.32 Å². The molecule has 1 aromatic carbocycles. The first-order valence-electron chi connectivity index (χ1n) is 6.26. The van der Waals surface area contributed by atoms with Crippen LogP contribution in [0.5, 0.6) is 0 Å². The second-order valence-electron chi connectivity index (χ2n) is 4.90. The molecule has 4 heteroatoms. The zero-order valence-electron chi connectivity index (χ0n) is 10.4. The molecule has 1 aliphatic carbocycles. The number of benzene rings is 1. The second kappa shape index (κ2) is 5.83. The maximum Gasteiger partial charge on any atom is 0.254 e. The Kier molecular flexibility index (Phi) is 4.38. The molecule has 1 aliphatic rings. The van der Waals surface area contributed by atoms with Crippen molar-refractivity contribution >= 4 is 21.8 Å². The van der Waals surface area contributed by atoms with Crippen molar-refractivity contribution < 1.29 is 9.18 Å². The van der Waals surface area contributed by atoms with Gasteiger partial charge in [-0.05, 0) is 37.8 Å². The van der Waals surface area contributed by atoms with Gasteiger partial charge in [-0.3, -0.25) is 4.79 Å². The zero-order valence-corrected chi connectivity index (χ0v) is 12.0. The molecule has 0 aromatic heterocycles. The number of carbonyl (C=O) groups is 1. The molecule has 1 N–H and O–H groups in total. The summed E-state index contributed by atoms with van der Waals surface area (Å²) in [7, 11) is 0. The van der Waals surface area contributed by atoms with Crippen LogP contribution in [0.2, 0.25) is 0 Å². The van der Waals surface area contributed by atoms with Crippen molar-refractivity contribution in [1.82, 2.24) is 5.32 Å². The normalized spacial score (nSPS) is 23.1. The number of nitrogens with one attached hydrogen (secondary N) is 1. The highest BCUT2D eigenvalue weighted by Gasteiger charge is 2.25. The fourth-order valence-electron chi connectivity index (χ4n) is 2.35. The highest BCUT2D eigenvalue weighted by Crippen LogP contribution is 2.30. The number of halogens is 2.